The molecule has 3 aromatic heterocycles. The molecule has 4 rings (SSSR count). The highest BCUT2D eigenvalue weighted by Crippen LogP contribution is 2.21. The van der Waals surface area contributed by atoms with Crippen LogP contribution in [-0.2, 0) is 9.53 Å². The van der Waals surface area contributed by atoms with Gasteiger partial charge in [0.1, 0.15) is 11.6 Å². The highest BCUT2D eigenvalue weighted by molar-refractivity contribution is 5.98. The van der Waals surface area contributed by atoms with Crippen molar-refractivity contribution in [2.24, 2.45) is 0 Å². The van der Waals surface area contributed by atoms with E-state index in [1.54, 1.807) is 42.9 Å². The third-order valence-corrected chi connectivity index (χ3v) is 4.47. The molecule has 8 nitrogen and oxygen atoms in total. The lowest BCUT2D eigenvalue weighted by atomic mass is 10.2. The molecule has 30 heavy (non-hydrogen) atoms. The summed E-state index contributed by atoms with van der Waals surface area (Å²) in [5.74, 6) is -0.00704. The minimum atomic E-state index is -0.982. The van der Waals surface area contributed by atoms with Gasteiger partial charge in [0.05, 0.1) is 16.6 Å². The van der Waals surface area contributed by atoms with Gasteiger partial charge >= 0.3 is 5.97 Å². The van der Waals surface area contributed by atoms with E-state index in [2.05, 4.69) is 25.3 Å². The molecule has 0 aliphatic heterocycles. The summed E-state index contributed by atoms with van der Waals surface area (Å²) in [6.07, 6.45) is 4.05. The number of H-pyrrole nitrogens is 1. The molecule has 2 N–H and O–H groups in total. The summed E-state index contributed by atoms with van der Waals surface area (Å²) in [4.78, 5) is 40.7. The lowest BCUT2D eigenvalue weighted by Crippen LogP contribution is -2.30. The van der Waals surface area contributed by atoms with Gasteiger partial charge in [-0.15, -0.1) is 0 Å². The van der Waals surface area contributed by atoms with Crippen LogP contribution in [0.15, 0.2) is 61.1 Å². The maximum atomic E-state index is 12.5. The SMILES string of the molecule is Cc1ccc(NC(=O)C(C)OC(=O)c2ccc3nc(-c4cccnc4)[nH]c3c2)nc1. The molecular formula is C22H19N5O3. The first kappa shape index (κ1) is 19.3. The van der Waals surface area contributed by atoms with Crippen molar-refractivity contribution in [2.75, 3.05) is 5.32 Å². The Labute approximate surface area is 172 Å². The molecule has 1 aromatic carbocycles. The second-order valence-electron chi connectivity index (χ2n) is 6.82. The molecule has 0 saturated heterocycles. The molecule has 0 aliphatic rings. The Kier molecular flexibility index (Phi) is 5.21. The highest BCUT2D eigenvalue weighted by Gasteiger charge is 2.20. The number of esters is 1. The zero-order chi connectivity index (χ0) is 21.1. The highest BCUT2D eigenvalue weighted by atomic mass is 16.5. The van der Waals surface area contributed by atoms with Crippen LogP contribution in [0, 0.1) is 6.92 Å². The monoisotopic (exact) mass is 401 g/mol. The second kappa shape index (κ2) is 8.12. The largest absolute Gasteiger partial charge is 0.449 e. The molecule has 0 saturated carbocycles. The number of nitrogens with zero attached hydrogens (tertiary/aromatic N) is 3. The molecule has 4 aromatic rings. The molecule has 0 aliphatic carbocycles. The van der Waals surface area contributed by atoms with Crippen molar-refractivity contribution in [3.8, 4) is 11.4 Å². The van der Waals surface area contributed by atoms with Crippen molar-refractivity contribution in [3.05, 3.63) is 72.2 Å². The molecule has 1 amide bonds. The number of carbonyl (C=O) groups excluding carboxylic acids is 2. The molecule has 0 fully saturated rings. The number of aryl methyl sites for hydroxylation is 1. The smallest absolute Gasteiger partial charge is 0.338 e. The number of benzene rings is 1. The summed E-state index contributed by atoms with van der Waals surface area (Å²) in [5, 5.41) is 2.63. The van der Waals surface area contributed by atoms with Crippen LogP contribution in [0.25, 0.3) is 22.4 Å². The van der Waals surface area contributed by atoms with Crippen molar-refractivity contribution in [1.29, 1.82) is 0 Å². The third kappa shape index (κ3) is 4.17. The standard InChI is InChI=1S/C22H19N5O3/c1-13-5-8-19(24-11-13)27-21(28)14(2)30-22(29)15-6-7-17-18(10-15)26-20(25-17)16-4-3-9-23-12-16/h3-12,14H,1-2H3,(H,25,26)(H,24,27,28). The van der Waals surface area contributed by atoms with Gasteiger partial charge in [0.25, 0.3) is 5.91 Å². The van der Waals surface area contributed by atoms with Crippen molar-refractivity contribution in [1.82, 2.24) is 19.9 Å². The normalized spacial score (nSPS) is 11.8. The topological polar surface area (TPSA) is 110 Å². The number of nitrogens with one attached hydrogen (secondary N) is 2. The van der Waals surface area contributed by atoms with Gasteiger partial charge in [0, 0.05) is 24.2 Å². The molecule has 1 atom stereocenters. The van der Waals surface area contributed by atoms with E-state index in [9.17, 15) is 9.59 Å². The first-order valence-electron chi connectivity index (χ1n) is 9.34. The number of anilines is 1. The van der Waals surface area contributed by atoms with E-state index in [1.165, 1.54) is 6.92 Å². The van der Waals surface area contributed by atoms with Gasteiger partial charge in [-0.3, -0.25) is 9.78 Å². The van der Waals surface area contributed by atoms with Crippen LogP contribution in [0.1, 0.15) is 22.8 Å². The number of pyridine rings is 2. The number of imidazole rings is 1. The first-order valence-corrected chi connectivity index (χ1v) is 9.34. The van der Waals surface area contributed by atoms with Crippen LogP contribution in [0.2, 0.25) is 0 Å². The summed E-state index contributed by atoms with van der Waals surface area (Å²) in [5.41, 5.74) is 3.53. The molecule has 0 bridgehead atoms. The van der Waals surface area contributed by atoms with E-state index >= 15 is 0 Å². The van der Waals surface area contributed by atoms with Crippen LogP contribution in [0.4, 0.5) is 5.82 Å². The molecule has 1 unspecified atom stereocenters. The fraction of sp³-hybridized carbons (Fsp3) is 0.136. The van der Waals surface area contributed by atoms with Crippen molar-refractivity contribution in [3.63, 3.8) is 0 Å². The average molecular weight is 401 g/mol. The van der Waals surface area contributed by atoms with Crippen LogP contribution in [0.5, 0.6) is 0 Å². The van der Waals surface area contributed by atoms with E-state index in [0.717, 1.165) is 11.1 Å². The third-order valence-electron chi connectivity index (χ3n) is 4.47. The number of amides is 1. The zero-order valence-electron chi connectivity index (χ0n) is 16.4. The summed E-state index contributed by atoms with van der Waals surface area (Å²) in [6, 6.07) is 12.2. The Bertz CT molecular complexity index is 1200. The second-order valence-corrected chi connectivity index (χ2v) is 6.82. The minimum absolute atomic E-state index is 0.317. The molecule has 3 heterocycles. The molecule has 150 valence electrons. The van der Waals surface area contributed by atoms with Gasteiger partial charge < -0.3 is 15.0 Å². The van der Waals surface area contributed by atoms with E-state index in [1.807, 2.05) is 25.1 Å². The summed E-state index contributed by atoms with van der Waals surface area (Å²) >= 11 is 0. The van der Waals surface area contributed by atoms with Gasteiger partial charge in [0.2, 0.25) is 0 Å². The van der Waals surface area contributed by atoms with Crippen molar-refractivity contribution in [2.45, 2.75) is 20.0 Å². The Morgan fingerprint density at radius 3 is 2.73 bits per heavy atom. The molecular weight excluding hydrogens is 382 g/mol. The molecule has 0 radical (unpaired) electrons. The number of hydrogen-bond acceptors (Lipinski definition) is 6. The number of rotatable bonds is 5. The quantitative estimate of drug-likeness (QED) is 0.495. The fourth-order valence-corrected chi connectivity index (χ4v) is 2.83. The van der Waals surface area contributed by atoms with Crippen molar-refractivity contribution < 1.29 is 14.3 Å². The number of hydrogen-bond donors (Lipinski definition) is 2. The number of ether oxygens (including phenoxy) is 1. The van der Waals surface area contributed by atoms with Gasteiger partial charge in [-0.05, 0) is 55.8 Å². The fourth-order valence-electron chi connectivity index (χ4n) is 2.83. The van der Waals surface area contributed by atoms with Gasteiger partial charge in [0.15, 0.2) is 6.10 Å². The number of fused-ring (bicyclic) bond motifs is 1. The van der Waals surface area contributed by atoms with E-state index in [0.29, 0.717) is 28.2 Å². The van der Waals surface area contributed by atoms with Crippen LogP contribution >= 0.6 is 0 Å². The number of carbonyl (C=O) groups is 2. The maximum absolute atomic E-state index is 12.5. The molecule has 8 heteroatoms. The number of aromatic amines is 1. The summed E-state index contributed by atoms with van der Waals surface area (Å²) in [7, 11) is 0. The number of aromatic nitrogens is 4. The Hall–Kier alpha value is -4.07. The van der Waals surface area contributed by atoms with Gasteiger partial charge in [-0.1, -0.05) is 6.07 Å². The van der Waals surface area contributed by atoms with Crippen molar-refractivity contribution >= 4 is 28.7 Å². The van der Waals surface area contributed by atoms with Crippen LogP contribution in [0.3, 0.4) is 0 Å². The summed E-state index contributed by atoms with van der Waals surface area (Å²) < 4.78 is 5.31. The van der Waals surface area contributed by atoms with Gasteiger partial charge in [-0.2, -0.15) is 0 Å². The molecule has 0 spiro atoms. The van der Waals surface area contributed by atoms with E-state index in [4.69, 9.17) is 4.74 Å². The Balaban J connectivity index is 1.45. The Morgan fingerprint density at radius 2 is 2.00 bits per heavy atom. The zero-order valence-corrected chi connectivity index (χ0v) is 16.4. The predicted molar refractivity (Wildman–Crippen MR) is 112 cm³/mol. The lowest BCUT2D eigenvalue weighted by molar-refractivity contribution is -0.123. The van der Waals surface area contributed by atoms with Gasteiger partial charge in [-0.25, -0.2) is 14.8 Å². The average Bonchev–Trinajstić information content (AvgIpc) is 3.19. The Morgan fingerprint density at radius 1 is 1.13 bits per heavy atom. The van der Waals surface area contributed by atoms with E-state index in [-0.39, 0.29) is 0 Å². The minimum Gasteiger partial charge on any atom is -0.449 e. The van der Waals surface area contributed by atoms with Crippen LogP contribution < -0.4 is 5.32 Å². The lowest BCUT2D eigenvalue weighted by Gasteiger charge is -2.13. The maximum Gasteiger partial charge on any atom is 0.338 e. The van der Waals surface area contributed by atoms with Crippen LogP contribution in [-0.4, -0.2) is 37.9 Å². The predicted octanol–water partition coefficient (Wildman–Crippen LogP) is 3.51. The summed E-state index contributed by atoms with van der Waals surface area (Å²) in [6.45, 7) is 3.41. The first-order chi connectivity index (χ1) is 14.5. The van der Waals surface area contributed by atoms with E-state index < -0.39 is 18.0 Å².